The van der Waals surface area contributed by atoms with Gasteiger partial charge in [-0.15, -0.1) is 4.68 Å². The number of aryl methyl sites for hydroxylation is 1. The second kappa shape index (κ2) is 11.2. The topological polar surface area (TPSA) is 130 Å². The van der Waals surface area contributed by atoms with Crippen molar-refractivity contribution in [2.24, 2.45) is 17.3 Å². The Hall–Kier alpha value is -4.23. The molecule has 0 amide bonds. The van der Waals surface area contributed by atoms with Gasteiger partial charge in [-0.25, -0.2) is 8.42 Å². The minimum Gasteiger partial charge on any atom is -0.495 e. The Labute approximate surface area is 218 Å². The number of aromatic nitrogens is 2. The summed E-state index contributed by atoms with van der Waals surface area (Å²) in [6.07, 6.45) is 1.07. The lowest BCUT2D eigenvalue weighted by Crippen LogP contribution is -2.29. The highest BCUT2D eigenvalue weighted by Crippen LogP contribution is 2.40. The molecule has 3 aromatic carbocycles. The van der Waals surface area contributed by atoms with Crippen molar-refractivity contribution in [3.63, 3.8) is 0 Å². The van der Waals surface area contributed by atoms with Gasteiger partial charge in [-0.3, -0.25) is 4.72 Å². The fourth-order valence-corrected chi connectivity index (χ4v) is 4.64. The first-order chi connectivity index (χ1) is 17.8. The van der Waals surface area contributed by atoms with E-state index in [2.05, 4.69) is 30.7 Å². The van der Waals surface area contributed by atoms with Crippen LogP contribution in [0.15, 0.2) is 77.0 Å². The largest absolute Gasteiger partial charge is 0.495 e. The molecule has 0 aliphatic heterocycles. The number of benzene rings is 3. The zero-order valence-corrected chi connectivity index (χ0v) is 22.2. The Morgan fingerprint density at radius 2 is 1.57 bits per heavy atom. The number of hydrogen-bond acceptors (Lipinski definition) is 10. The highest BCUT2D eigenvalue weighted by molar-refractivity contribution is 7.92. The van der Waals surface area contributed by atoms with Crippen LogP contribution in [0.5, 0.6) is 11.5 Å². The molecular weight excluding hydrogens is 514 g/mol. The van der Waals surface area contributed by atoms with Gasteiger partial charge in [-0.2, -0.15) is 0 Å². The third-order valence-electron chi connectivity index (χ3n) is 4.96. The van der Waals surface area contributed by atoms with Gasteiger partial charge < -0.3 is 20.1 Å². The molecule has 192 valence electrons. The minimum atomic E-state index is -3.61. The van der Waals surface area contributed by atoms with E-state index < -0.39 is 10.0 Å². The molecule has 0 spiro atoms. The molecule has 0 radical (unpaired) electrons. The first-order valence-electron chi connectivity index (χ1n) is 11.0. The quantitative estimate of drug-likeness (QED) is 0.185. The van der Waals surface area contributed by atoms with Crippen molar-refractivity contribution in [2.75, 3.05) is 35.8 Å². The minimum absolute atomic E-state index is 0.222. The van der Waals surface area contributed by atoms with Crippen LogP contribution in [-0.4, -0.2) is 34.0 Å². The van der Waals surface area contributed by atoms with Gasteiger partial charge in [0.2, 0.25) is 15.2 Å². The smallest absolute Gasteiger partial charge is 0.431 e. The van der Waals surface area contributed by atoms with Gasteiger partial charge in [0.1, 0.15) is 24.2 Å². The van der Waals surface area contributed by atoms with Crippen LogP contribution < -0.4 is 29.5 Å². The Bertz CT molecular complexity index is 1520. The van der Waals surface area contributed by atoms with E-state index in [9.17, 15) is 8.42 Å². The lowest BCUT2D eigenvalue weighted by Gasteiger charge is -2.16. The molecule has 4 aromatic rings. The molecule has 0 bridgehead atoms. The molecule has 1 aromatic heterocycles. The Kier molecular flexibility index (Phi) is 7.84. The summed E-state index contributed by atoms with van der Waals surface area (Å²) in [4.78, 5) is 0. The fourth-order valence-electron chi connectivity index (χ4n) is 3.32. The van der Waals surface area contributed by atoms with Gasteiger partial charge in [0.15, 0.2) is 0 Å². The van der Waals surface area contributed by atoms with Crippen LogP contribution in [0.4, 0.5) is 38.7 Å². The monoisotopic (exact) mass is 540 g/mol. The molecule has 13 heteroatoms. The summed E-state index contributed by atoms with van der Waals surface area (Å²) in [7, 11) is 1.21. The molecule has 0 fully saturated rings. The van der Waals surface area contributed by atoms with Crippen LogP contribution in [0, 0.1) is 0 Å². The number of rotatable bonds is 10. The lowest BCUT2D eigenvalue weighted by atomic mass is 10.2. The summed E-state index contributed by atoms with van der Waals surface area (Å²) >= 11 is 1.30. The third kappa shape index (κ3) is 6.71. The van der Waals surface area contributed by atoms with Crippen molar-refractivity contribution in [1.29, 1.82) is 0 Å². The van der Waals surface area contributed by atoms with Crippen LogP contribution in [0.3, 0.4) is 0 Å². The van der Waals surface area contributed by atoms with Crippen molar-refractivity contribution in [3.8, 4) is 11.5 Å². The molecule has 37 heavy (non-hydrogen) atoms. The number of hydrogen-bond donors (Lipinski definition) is 3. The highest BCUT2D eigenvalue weighted by Gasteiger charge is 2.19. The first-order valence-corrected chi connectivity index (χ1v) is 13.7. The number of azo groups is 1. The lowest BCUT2D eigenvalue weighted by molar-refractivity contribution is -0.712. The summed E-state index contributed by atoms with van der Waals surface area (Å²) in [5.74, 6) is 1.04. The van der Waals surface area contributed by atoms with Crippen LogP contribution in [0.2, 0.25) is 0 Å². The third-order valence-corrected chi connectivity index (χ3v) is 6.46. The summed E-state index contributed by atoms with van der Waals surface area (Å²) < 4.78 is 39.3. The molecule has 0 aliphatic rings. The van der Waals surface area contributed by atoms with E-state index in [1.165, 1.54) is 18.4 Å². The number of nitrogens with zero attached hydrogens (tertiary/aromatic N) is 4. The van der Waals surface area contributed by atoms with Crippen LogP contribution in [0.25, 0.3) is 0 Å². The molecular formula is C24H26N7O4S2+. The normalized spacial score (nSPS) is 11.4. The van der Waals surface area contributed by atoms with Crippen molar-refractivity contribution in [3.05, 3.63) is 66.7 Å². The average Bonchev–Trinajstić information content (AvgIpc) is 3.22. The molecule has 0 saturated heterocycles. The average molecular weight is 541 g/mol. The molecule has 3 N–H and O–H groups in total. The summed E-state index contributed by atoms with van der Waals surface area (Å²) in [6, 6.07) is 20.2. The molecule has 1 heterocycles. The standard InChI is InChI=1S/C24H25N7O4S2/c1-31-24(36-23(29-31)25-16-10-6-5-7-11-16)28-27-18-15-22(35-3)20(14-19(18)30-37(4,32)33)26-17-12-8-9-13-21(17)34-2/h5-15H,1-4H3,(H2,25,26,29,30)/p+1. The van der Waals surface area contributed by atoms with Crippen molar-refractivity contribution >= 4 is 60.1 Å². The van der Waals surface area contributed by atoms with Crippen LogP contribution in [-0.2, 0) is 17.1 Å². The van der Waals surface area contributed by atoms with E-state index >= 15 is 0 Å². The van der Waals surface area contributed by atoms with Crippen LogP contribution >= 0.6 is 11.3 Å². The fraction of sp³-hybridized carbons (Fsp3) is 0.167. The first kappa shape index (κ1) is 25.9. The van der Waals surface area contributed by atoms with E-state index in [-0.39, 0.29) is 11.4 Å². The number of nitrogens with one attached hydrogen (secondary N) is 3. The Balaban J connectivity index is 1.68. The predicted molar refractivity (Wildman–Crippen MR) is 145 cm³/mol. The number of ether oxygens (including phenoxy) is 2. The summed E-state index contributed by atoms with van der Waals surface area (Å²) in [5.41, 5.74) is 2.56. The number of anilines is 5. The summed E-state index contributed by atoms with van der Waals surface area (Å²) in [5, 5.41) is 20.6. The Morgan fingerprint density at radius 3 is 2.27 bits per heavy atom. The zero-order valence-electron chi connectivity index (χ0n) is 20.6. The molecule has 4 rings (SSSR count). The predicted octanol–water partition coefficient (Wildman–Crippen LogP) is 5.26. The maximum absolute atomic E-state index is 12.1. The number of methoxy groups -OCH3 is 2. The Morgan fingerprint density at radius 1 is 0.865 bits per heavy atom. The van der Waals surface area contributed by atoms with Gasteiger partial charge in [-0.1, -0.05) is 35.4 Å². The van der Waals surface area contributed by atoms with Crippen molar-refractivity contribution in [1.82, 2.24) is 5.10 Å². The number of para-hydroxylation sites is 3. The van der Waals surface area contributed by atoms with Crippen LogP contribution in [0.1, 0.15) is 0 Å². The van der Waals surface area contributed by atoms with E-state index in [4.69, 9.17) is 9.47 Å². The second-order valence-electron chi connectivity index (χ2n) is 7.77. The summed E-state index contributed by atoms with van der Waals surface area (Å²) in [6.45, 7) is 0. The van der Waals surface area contributed by atoms with E-state index in [1.54, 1.807) is 31.0 Å². The molecule has 0 aliphatic carbocycles. The maximum Gasteiger partial charge on any atom is 0.431 e. The highest BCUT2D eigenvalue weighted by atomic mass is 32.2. The molecule has 0 saturated carbocycles. The van der Waals surface area contributed by atoms with E-state index in [0.717, 1.165) is 11.9 Å². The van der Waals surface area contributed by atoms with E-state index in [1.807, 2.05) is 54.6 Å². The SMILES string of the molecule is COc1ccccc1Nc1cc(NS(C)(=O)=O)c(N=Nc2sc(Nc3ccccc3)n[n+]2C)cc1OC. The number of sulfonamides is 1. The van der Waals surface area contributed by atoms with Crippen molar-refractivity contribution < 1.29 is 22.6 Å². The zero-order chi connectivity index (χ0) is 26.4. The van der Waals surface area contributed by atoms with Gasteiger partial charge in [-0.05, 0) is 46.8 Å². The second-order valence-corrected chi connectivity index (χ2v) is 10.5. The molecule has 0 atom stereocenters. The van der Waals surface area contributed by atoms with Gasteiger partial charge >= 0.3 is 5.13 Å². The molecule has 0 unspecified atom stereocenters. The maximum atomic E-state index is 12.1. The van der Waals surface area contributed by atoms with E-state index in [0.29, 0.717) is 33.1 Å². The molecule has 11 nitrogen and oxygen atoms in total. The van der Waals surface area contributed by atoms with Gasteiger partial charge in [0, 0.05) is 11.8 Å². The van der Waals surface area contributed by atoms with Crippen molar-refractivity contribution in [2.45, 2.75) is 0 Å². The van der Waals surface area contributed by atoms with Gasteiger partial charge in [0.25, 0.3) is 0 Å². The van der Waals surface area contributed by atoms with Gasteiger partial charge in [0.05, 0.1) is 42.7 Å².